The van der Waals surface area contributed by atoms with Crippen LogP contribution in [0.25, 0.3) is 0 Å². The summed E-state index contributed by atoms with van der Waals surface area (Å²) >= 11 is 0. The van der Waals surface area contributed by atoms with Crippen LogP contribution in [0.4, 0.5) is 0 Å². The van der Waals surface area contributed by atoms with Gasteiger partial charge in [-0.2, -0.15) is 5.10 Å². The van der Waals surface area contributed by atoms with Crippen molar-refractivity contribution in [3.63, 3.8) is 0 Å². The summed E-state index contributed by atoms with van der Waals surface area (Å²) in [4.78, 5) is 12.3. The fourth-order valence-electron chi connectivity index (χ4n) is 2.44. The highest BCUT2D eigenvalue weighted by Crippen LogP contribution is 2.41. The first-order valence-corrected chi connectivity index (χ1v) is 6.99. The second-order valence-electron chi connectivity index (χ2n) is 5.60. The van der Waals surface area contributed by atoms with Crippen molar-refractivity contribution in [3.8, 4) is 0 Å². The van der Waals surface area contributed by atoms with Gasteiger partial charge in [-0.25, -0.2) is 0 Å². The van der Waals surface area contributed by atoms with E-state index in [0.29, 0.717) is 11.5 Å². The zero-order valence-corrected chi connectivity index (χ0v) is 11.8. The molecular formula is C16H19N3O. The number of benzene rings is 1. The molecule has 0 aliphatic heterocycles. The van der Waals surface area contributed by atoms with E-state index in [4.69, 9.17) is 0 Å². The average Bonchev–Trinajstić information content (AvgIpc) is 3.18. The molecule has 0 spiro atoms. The van der Waals surface area contributed by atoms with E-state index in [1.54, 1.807) is 17.1 Å². The minimum absolute atomic E-state index is 0.0458. The predicted octanol–water partition coefficient (Wildman–Crippen LogP) is 2.61. The molecule has 1 atom stereocenters. The summed E-state index contributed by atoms with van der Waals surface area (Å²) in [6.45, 7) is 2.07. The van der Waals surface area contributed by atoms with Crippen LogP contribution in [0.15, 0.2) is 36.7 Å². The molecular weight excluding hydrogens is 250 g/mol. The van der Waals surface area contributed by atoms with E-state index in [2.05, 4.69) is 41.6 Å². The van der Waals surface area contributed by atoms with Crippen molar-refractivity contribution in [2.75, 3.05) is 0 Å². The Kier molecular flexibility index (Phi) is 3.30. The van der Waals surface area contributed by atoms with Crippen molar-refractivity contribution in [1.82, 2.24) is 15.1 Å². The van der Waals surface area contributed by atoms with Crippen LogP contribution in [0, 0.1) is 12.8 Å². The first-order chi connectivity index (χ1) is 9.63. The lowest BCUT2D eigenvalue weighted by Crippen LogP contribution is -2.29. The van der Waals surface area contributed by atoms with Crippen LogP contribution in [-0.2, 0) is 7.05 Å². The second kappa shape index (κ2) is 5.12. The molecule has 1 aliphatic rings. The van der Waals surface area contributed by atoms with Gasteiger partial charge in [0.15, 0.2) is 0 Å². The topological polar surface area (TPSA) is 46.9 Å². The number of rotatable bonds is 4. The Morgan fingerprint density at radius 3 is 2.60 bits per heavy atom. The Balaban J connectivity index is 1.78. The standard InChI is InChI=1S/C16H19N3O/c1-11-3-5-12(6-4-11)15(13-7-8-13)18-16(20)14-9-17-19(2)10-14/h3-6,9-10,13,15H,7-8H2,1-2H3,(H,18,20). The third-order valence-electron chi connectivity index (χ3n) is 3.78. The molecule has 1 aliphatic carbocycles. The number of amides is 1. The summed E-state index contributed by atoms with van der Waals surface area (Å²) in [5.41, 5.74) is 3.04. The SMILES string of the molecule is Cc1ccc(C(NC(=O)c2cnn(C)c2)C2CC2)cc1. The molecule has 0 saturated heterocycles. The fraction of sp³-hybridized carbons (Fsp3) is 0.375. The van der Waals surface area contributed by atoms with E-state index in [1.807, 2.05) is 7.05 Å². The average molecular weight is 269 g/mol. The van der Waals surface area contributed by atoms with E-state index < -0.39 is 0 Å². The normalized spacial score (nSPS) is 15.9. The highest BCUT2D eigenvalue weighted by Gasteiger charge is 2.33. The van der Waals surface area contributed by atoms with Crippen LogP contribution >= 0.6 is 0 Å². The molecule has 4 nitrogen and oxygen atoms in total. The highest BCUT2D eigenvalue weighted by atomic mass is 16.1. The number of hydrogen-bond donors (Lipinski definition) is 1. The molecule has 1 aromatic heterocycles. The molecule has 0 radical (unpaired) electrons. The summed E-state index contributed by atoms with van der Waals surface area (Å²) in [6, 6.07) is 8.54. The lowest BCUT2D eigenvalue weighted by atomic mass is 10.0. The predicted molar refractivity (Wildman–Crippen MR) is 77.3 cm³/mol. The zero-order valence-electron chi connectivity index (χ0n) is 11.8. The van der Waals surface area contributed by atoms with Gasteiger partial charge in [0.2, 0.25) is 0 Å². The molecule has 1 amide bonds. The van der Waals surface area contributed by atoms with Gasteiger partial charge in [0, 0.05) is 13.2 Å². The molecule has 1 saturated carbocycles. The molecule has 3 rings (SSSR count). The van der Waals surface area contributed by atoms with Crippen molar-refractivity contribution in [2.24, 2.45) is 13.0 Å². The van der Waals surface area contributed by atoms with E-state index in [1.165, 1.54) is 24.0 Å². The van der Waals surface area contributed by atoms with Gasteiger partial charge in [-0.05, 0) is 31.2 Å². The zero-order chi connectivity index (χ0) is 14.1. The second-order valence-corrected chi connectivity index (χ2v) is 5.60. The summed E-state index contributed by atoms with van der Waals surface area (Å²) in [7, 11) is 1.81. The van der Waals surface area contributed by atoms with Crippen molar-refractivity contribution >= 4 is 5.91 Å². The Labute approximate surface area is 118 Å². The van der Waals surface area contributed by atoms with Gasteiger partial charge in [0.1, 0.15) is 0 Å². The van der Waals surface area contributed by atoms with Crippen molar-refractivity contribution in [1.29, 1.82) is 0 Å². The van der Waals surface area contributed by atoms with Crippen LogP contribution in [0.2, 0.25) is 0 Å². The number of carbonyl (C=O) groups excluding carboxylic acids is 1. The van der Waals surface area contributed by atoms with Crippen LogP contribution in [0.1, 0.15) is 40.4 Å². The quantitative estimate of drug-likeness (QED) is 0.927. The summed E-state index contributed by atoms with van der Waals surface area (Å²) in [6.07, 6.45) is 5.72. The van der Waals surface area contributed by atoms with Crippen LogP contribution in [0.3, 0.4) is 0 Å². The third kappa shape index (κ3) is 2.74. The van der Waals surface area contributed by atoms with Crippen LogP contribution in [0.5, 0.6) is 0 Å². The van der Waals surface area contributed by atoms with Gasteiger partial charge < -0.3 is 5.32 Å². The van der Waals surface area contributed by atoms with E-state index >= 15 is 0 Å². The van der Waals surface area contributed by atoms with Crippen molar-refractivity contribution in [3.05, 3.63) is 53.3 Å². The molecule has 1 N–H and O–H groups in total. The monoisotopic (exact) mass is 269 g/mol. The number of aromatic nitrogens is 2. The minimum atomic E-state index is -0.0458. The maximum absolute atomic E-state index is 12.3. The van der Waals surface area contributed by atoms with E-state index in [0.717, 1.165) is 0 Å². The number of nitrogens with zero attached hydrogens (tertiary/aromatic N) is 2. The first-order valence-electron chi connectivity index (χ1n) is 6.99. The van der Waals surface area contributed by atoms with Crippen LogP contribution < -0.4 is 5.32 Å². The Hall–Kier alpha value is -2.10. The lowest BCUT2D eigenvalue weighted by Gasteiger charge is -2.18. The molecule has 104 valence electrons. The Morgan fingerprint density at radius 1 is 1.35 bits per heavy atom. The number of nitrogens with one attached hydrogen (secondary N) is 1. The number of hydrogen-bond acceptors (Lipinski definition) is 2. The number of aryl methyl sites for hydroxylation is 2. The summed E-state index contributed by atoms with van der Waals surface area (Å²) < 4.78 is 1.65. The molecule has 2 aromatic rings. The fourth-order valence-corrected chi connectivity index (χ4v) is 2.44. The molecule has 0 bridgehead atoms. The summed E-state index contributed by atoms with van der Waals surface area (Å²) in [5, 5.41) is 7.20. The molecule has 4 heteroatoms. The highest BCUT2D eigenvalue weighted by molar-refractivity contribution is 5.94. The largest absolute Gasteiger partial charge is 0.345 e. The van der Waals surface area contributed by atoms with Gasteiger partial charge in [-0.15, -0.1) is 0 Å². The Bertz CT molecular complexity index is 611. The molecule has 1 unspecified atom stereocenters. The van der Waals surface area contributed by atoms with Crippen LogP contribution in [-0.4, -0.2) is 15.7 Å². The summed E-state index contributed by atoms with van der Waals surface area (Å²) in [5.74, 6) is 0.522. The van der Waals surface area contributed by atoms with Gasteiger partial charge in [-0.3, -0.25) is 9.48 Å². The molecule has 1 heterocycles. The maximum Gasteiger partial charge on any atom is 0.254 e. The number of carbonyl (C=O) groups is 1. The lowest BCUT2D eigenvalue weighted by molar-refractivity contribution is 0.0931. The minimum Gasteiger partial charge on any atom is -0.345 e. The smallest absolute Gasteiger partial charge is 0.254 e. The maximum atomic E-state index is 12.3. The molecule has 1 aromatic carbocycles. The van der Waals surface area contributed by atoms with Crippen molar-refractivity contribution in [2.45, 2.75) is 25.8 Å². The van der Waals surface area contributed by atoms with E-state index in [9.17, 15) is 4.79 Å². The van der Waals surface area contributed by atoms with Crippen molar-refractivity contribution < 1.29 is 4.79 Å². The van der Waals surface area contributed by atoms with Gasteiger partial charge in [0.05, 0.1) is 17.8 Å². The van der Waals surface area contributed by atoms with Gasteiger partial charge in [-0.1, -0.05) is 29.8 Å². The molecule has 20 heavy (non-hydrogen) atoms. The Morgan fingerprint density at radius 2 is 2.05 bits per heavy atom. The first kappa shape index (κ1) is 12.9. The molecule has 1 fully saturated rings. The van der Waals surface area contributed by atoms with E-state index in [-0.39, 0.29) is 11.9 Å². The van der Waals surface area contributed by atoms with Gasteiger partial charge >= 0.3 is 0 Å². The van der Waals surface area contributed by atoms with Gasteiger partial charge in [0.25, 0.3) is 5.91 Å². The third-order valence-corrected chi connectivity index (χ3v) is 3.78.